The van der Waals surface area contributed by atoms with Gasteiger partial charge >= 0.3 is 11.7 Å². The zero-order valence-corrected chi connectivity index (χ0v) is 9.30. The molecule has 0 amide bonds. The first-order valence-electron chi connectivity index (χ1n) is 5.00. The number of ether oxygens (including phenoxy) is 1. The van der Waals surface area contributed by atoms with Crippen molar-refractivity contribution in [3.63, 3.8) is 0 Å². The Morgan fingerprint density at radius 2 is 2.35 bits per heavy atom. The van der Waals surface area contributed by atoms with E-state index in [2.05, 4.69) is 11.3 Å². The van der Waals surface area contributed by atoms with Crippen molar-refractivity contribution in [1.82, 2.24) is 4.57 Å². The van der Waals surface area contributed by atoms with Crippen LogP contribution < -0.4 is 5.76 Å². The van der Waals surface area contributed by atoms with Gasteiger partial charge in [-0.05, 0) is 18.2 Å². The van der Waals surface area contributed by atoms with Crippen molar-refractivity contribution in [3.05, 3.63) is 47.0 Å². The number of methoxy groups -OCH3 is 1. The molecule has 1 heterocycles. The van der Waals surface area contributed by atoms with Gasteiger partial charge in [0.15, 0.2) is 5.58 Å². The number of oxazole rings is 1. The minimum absolute atomic E-state index is 0.347. The van der Waals surface area contributed by atoms with Gasteiger partial charge in [-0.15, -0.1) is 6.58 Å². The Balaban J connectivity index is 2.61. The highest BCUT2D eigenvalue weighted by Gasteiger charge is 2.12. The number of benzene rings is 1. The summed E-state index contributed by atoms with van der Waals surface area (Å²) in [5.41, 5.74) is 1.34. The Morgan fingerprint density at radius 3 is 3.00 bits per heavy atom. The van der Waals surface area contributed by atoms with Crippen LogP contribution in [-0.2, 0) is 11.3 Å². The van der Waals surface area contributed by atoms with Gasteiger partial charge in [-0.3, -0.25) is 4.57 Å². The minimum atomic E-state index is -0.470. The van der Waals surface area contributed by atoms with Crippen LogP contribution in [0.15, 0.2) is 40.1 Å². The Hall–Kier alpha value is -2.30. The maximum atomic E-state index is 11.5. The topological polar surface area (TPSA) is 61.4 Å². The van der Waals surface area contributed by atoms with E-state index in [9.17, 15) is 9.59 Å². The quantitative estimate of drug-likeness (QED) is 0.596. The molecule has 2 rings (SSSR count). The van der Waals surface area contributed by atoms with Crippen molar-refractivity contribution in [2.75, 3.05) is 7.11 Å². The molecule has 0 spiro atoms. The standard InChI is InChI=1S/C12H11NO4/c1-3-6-13-9-5-4-8(11(14)16-2)7-10(9)17-12(13)15/h3-5,7H,1,6H2,2H3. The third-order valence-electron chi connectivity index (χ3n) is 2.40. The summed E-state index contributed by atoms with van der Waals surface area (Å²) in [6, 6.07) is 4.72. The molecule has 0 unspecified atom stereocenters. The van der Waals surface area contributed by atoms with Crippen molar-refractivity contribution >= 4 is 17.1 Å². The number of hydrogen-bond acceptors (Lipinski definition) is 4. The van der Waals surface area contributed by atoms with E-state index < -0.39 is 11.7 Å². The molecule has 17 heavy (non-hydrogen) atoms. The lowest BCUT2D eigenvalue weighted by molar-refractivity contribution is 0.0601. The zero-order valence-electron chi connectivity index (χ0n) is 9.30. The van der Waals surface area contributed by atoms with Crippen LogP contribution in [-0.4, -0.2) is 17.6 Å². The SMILES string of the molecule is C=CCn1c(=O)oc2cc(C(=O)OC)ccc21. The van der Waals surface area contributed by atoms with Crippen LogP contribution in [0, 0.1) is 0 Å². The largest absolute Gasteiger partial charge is 0.465 e. The van der Waals surface area contributed by atoms with Gasteiger partial charge in [-0.25, -0.2) is 9.59 Å². The maximum absolute atomic E-state index is 11.5. The molecule has 0 N–H and O–H groups in total. The fourth-order valence-corrected chi connectivity index (χ4v) is 1.61. The molecule has 0 bridgehead atoms. The predicted octanol–water partition coefficient (Wildman–Crippen LogP) is 1.57. The molecule has 0 saturated heterocycles. The van der Waals surface area contributed by atoms with Gasteiger partial charge in [0.1, 0.15) is 0 Å². The number of nitrogens with zero attached hydrogens (tertiary/aromatic N) is 1. The number of carbonyl (C=O) groups is 1. The molecule has 0 aliphatic carbocycles. The smallest absolute Gasteiger partial charge is 0.420 e. The highest BCUT2D eigenvalue weighted by atomic mass is 16.5. The van der Waals surface area contributed by atoms with E-state index in [0.29, 0.717) is 23.2 Å². The molecule has 2 aromatic rings. The van der Waals surface area contributed by atoms with Crippen LogP contribution in [0.1, 0.15) is 10.4 Å². The Morgan fingerprint density at radius 1 is 1.59 bits per heavy atom. The lowest BCUT2D eigenvalue weighted by Gasteiger charge is -1.99. The van der Waals surface area contributed by atoms with Gasteiger partial charge in [0.25, 0.3) is 0 Å². The van der Waals surface area contributed by atoms with Gasteiger partial charge < -0.3 is 9.15 Å². The predicted molar refractivity (Wildman–Crippen MR) is 62.0 cm³/mol. The summed E-state index contributed by atoms with van der Waals surface area (Å²) >= 11 is 0. The molecule has 0 aliphatic heterocycles. The van der Waals surface area contributed by atoms with Crippen LogP contribution in [0.25, 0.3) is 11.1 Å². The molecule has 0 atom stereocenters. The first kappa shape index (κ1) is 11.2. The van der Waals surface area contributed by atoms with Gasteiger partial charge in [0.05, 0.1) is 18.2 Å². The molecule has 5 nitrogen and oxygen atoms in total. The number of aromatic nitrogens is 1. The lowest BCUT2D eigenvalue weighted by Crippen LogP contribution is -2.12. The minimum Gasteiger partial charge on any atom is -0.465 e. The lowest BCUT2D eigenvalue weighted by atomic mass is 10.2. The number of esters is 1. The monoisotopic (exact) mass is 233 g/mol. The van der Waals surface area contributed by atoms with E-state index >= 15 is 0 Å². The summed E-state index contributed by atoms with van der Waals surface area (Å²) in [6.45, 7) is 3.93. The molecule has 5 heteroatoms. The molecule has 1 aromatic heterocycles. The van der Waals surface area contributed by atoms with Crippen LogP contribution in [0.2, 0.25) is 0 Å². The summed E-state index contributed by atoms with van der Waals surface area (Å²) in [5.74, 6) is -0.937. The third-order valence-corrected chi connectivity index (χ3v) is 2.40. The molecule has 88 valence electrons. The number of carbonyl (C=O) groups excluding carboxylic acids is 1. The molecule has 0 aliphatic rings. The second-order valence-electron chi connectivity index (χ2n) is 3.44. The van der Waals surface area contributed by atoms with Crippen molar-refractivity contribution < 1.29 is 13.9 Å². The summed E-state index contributed by atoms with van der Waals surface area (Å²) in [4.78, 5) is 22.8. The normalized spacial score (nSPS) is 10.4. The van der Waals surface area contributed by atoms with Crippen LogP contribution in [0.5, 0.6) is 0 Å². The summed E-state index contributed by atoms with van der Waals surface area (Å²) in [7, 11) is 1.30. The van der Waals surface area contributed by atoms with Gasteiger partial charge in [0, 0.05) is 6.54 Å². The van der Waals surface area contributed by atoms with Crippen molar-refractivity contribution in [2.45, 2.75) is 6.54 Å². The summed E-state index contributed by atoms with van der Waals surface area (Å²) < 4.78 is 11.1. The first-order chi connectivity index (χ1) is 8.17. The van der Waals surface area contributed by atoms with Gasteiger partial charge in [0.2, 0.25) is 0 Å². The molecular formula is C12H11NO4. The highest BCUT2D eigenvalue weighted by molar-refractivity contribution is 5.93. The number of fused-ring (bicyclic) bond motifs is 1. The van der Waals surface area contributed by atoms with E-state index in [1.807, 2.05) is 0 Å². The molecule has 0 saturated carbocycles. The average Bonchev–Trinajstić information content (AvgIpc) is 2.64. The Bertz CT molecular complexity index is 635. The Labute approximate surface area is 96.9 Å². The van der Waals surface area contributed by atoms with E-state index in [1.165, 1.54) is 17.7 Å². The van der Waals surface area contributed by atoms with Crippen molar-refractivity contribution in [3.8, 4) is 0 Å². The van der Waals surface area contributed by atoms with E-state index in [-0.39, 0.29) is 0 Å². The van der Waals surface area contributed by atoms with Gasteiger partial charge in [-0.2, -0.15) is 0 Å². The van der Waals surface area contributed by atoms with E-state index in [0.717, 1.165) is 0 Å². The second kappa shape index (κ2) is 4.29. The third kappa shape index (κ3) is 1.87. The fourth-order valence-electron chi connectivity index (χ4n) is 1.61. The van der Waals surface area contributed by atoms with Crippen LogP contribution in [0.3, 0.4) is 0 Å². The zero-order chi connectivity index (χ0) is 12.4. The maximum Gasteiger partial charge on any atom is 0.420 e. The van der Waals surface area contributed by atoms with Crippen LogP contribution >= 0.6 is 0 Å². The van der Waals surface area contributed by atoms with Crippen molar-refractivity contribution in [2.24, 2.45) is 0 Å². The fraction of sp³-hybridized carbons (Fsp3) is 0.167. The summed E-state index contributed by atoms with van der Waals surface area (Å²) in [5, 5.41) is 0. The van der Waals surface area contributed by atoms with E-state index in [4.69, 9.17) is 4.42 Å². The molecular weight excluding hydrogens is 222 g/mol. The molecule has 1 aromatic carbocycles. The van der Waals surface area contributed by atoms with Crippen LogP contribution in [0.4, 0.5) is 0 Å². The number of allylic oxidation sites excluding steroid dienone is 1. The van der Waals surface area contributed by atoms with Crippen molar-refractivity contribution in [1.29, 1.82) is 0 Å². The molecule has 0 radical (unpaired) electrons. The number of rotatable bonds is 3. The highest BCUT2D eigenvalue weighted by Crippen LogP contribution is 2.15. The Kier molecular flexibility index (Phi) is 2.82. The van der Waals surface area contributed by atoms with E-state index in [1.54, 1.807) is 18.2 Å². The van der Waals surface area contributed by atoms with Gasteiger partial charge in [-0.1, -0.05) is 6.08 Å². The number of hydrogen-bond donors (Lipinski definition) is 0. The molecule has 0 fully saturated rings. The average molecular weight is 233 g/mol. The first-order valence-corrected chi connectivity index (χ1v) is 5.00. The second-order valence-corrected chi connectivity index (χ2v) is 3.44. The summed E-state index contributed by atoms with van der Waals surface area (Å²) in [6.07, 6.45) is 1.60.